The van der Waals surface area contributed by atoms with Crippen molar-refractivity contribution in [1.82, 2.24) is 0 Å². The molecule has 0 fully saturated rings. The van der Waals surface area contributed by atoms with E-state index in [1.807, 2.05) is 0 Å². The minimum Gasteiger partial charge on any atom is -0.481 e. The molecule has 0 aliphatic rings. The van der Waals surface area contributed by atoms with E-state index in [4.69, 9.17) is 34.0 Å². The second kappa shape index (κ2) is 5.53. The van der Waals surface area contributed by atoms with Gasteiger partial charge in [-0.2, -0.15) is 0 Å². The summed E-state index contributed by atoms with van der Waals surface area (Å²) >= 11 is 11.7. The van der Waals surface area contributed by atoms with E-state index in [-0.39, 0.29) is 0 Å². The zero-order valence-electron chi connectivity index (χ0n) is 8.78. The van der Waals surface area contributed by atoms with Crippen LogP contribution in [0, 0.1) is 5.92 Å². The summed E-state index contributed by atoms with van der Waals surface area (Å²) in [5.74, 6) is -1.56. The van der Waals surface area contributed by atoms with Gasteiger partial charge >= 0.3 is 5.97 Å². The number of carbonyl (C=O) groups is 1. The van der Waals surface area contributed by atoms with Gasteiger partial charge in [0, 0.05) is 16.1 Å². The van der Waals surface area contributed by atoms with Crippen molar-refractivity contribution in [2.24, 2.45) is 11.7 Å². The fourth-order valence-corrected chi connectivity index (χ4v) is 2.11. The van der Waals surface area contributed by atoms with Gasteiger partial charge in [-0.05, 0) is 24.1 Å². The van der Waals surface area contributed by atoms with Gasteiger partial charge in [-0.1, -0.05) is 36.2 Å². The van der Waals surface area contributed by atoms with Gasteiger partial charge in [0.2, 0.25) is 0 Å². The van der Waals surface area contributed by atoms with Crippen LogP contribution in [0.1, 0.15) is 24.9 Å². The Hall–Kier alpha value is -0.770. The lowest BCUT2D eigenvalue weighted by atomic mass is 9.92. The van der Waals surface area contributed by atoms with Crippen molar-refractivity contribution in [1.29, 1.82) is 0 Å². The average molecular weight is 262 g/mol. The summed E-state index contributed by atoms with van der Waals surface area (Å²) in [7, 11) is 0. The van der Waals surface area contributed by atoms with E-state index in [1.165, 1.54) is 0 Å². The maximum atomic E-state index is 11.0. The first-order valence-corrected chi connectivity index (χ1v) is 5.66. The molecule has 1 rings (SSSR count). The number of benzene rings is 1. The van der Waals surface area contributed by atoms with E-state index >= 15 is 0 Å². The van der Waals surface area contributed by atoms with Crippen molar-refractivity contribution < 1.29 is 9.90 Å². The lowest BCUT2D eigenvalue weighted by Gasteiger charge is -2.20. The molecule has 1 aromatic rings. The molecule has 5 heteroatoms. The Morgan fingerprint density at radius 3 is 2.56 bits per heavy atom. The lowest BCUT2D eigenvalue weighted by molar-refractivity contribution is -0.142. The third kappa shape index (κ3) is 2.88. The van der Waals surface area contributed by atoms with E-state index in [1.54, 1.807) is 25.1 Å². The average Bonchev–Trinajstić information content (AvgIpc) is 2.17. The van der Waals surface area contributed by atoms with Crippen LogP contribution in [0.15, 0.2) is 18.2 Å². The number of nitrogens with two attached hydrogens (primary N) is 1. The third-order valence-electron chi connectivity index (χ3n) is 2.51. The zero-order valence-corrected chi connectivity index (χ0v) is 10.3. The second-order valence-corrected chi connectivity index (χ2v) is 4.39. The normalized spacial score (nSPS) is 14.5. The molecule has 1 aromatic carbocycles. The first-order chi connectivity index (χ1) is 7.47. The summed E-state index contributed by atoms with van der Waals surface area (Å²) in [6.07, 6.45) is 0.454. The summed E-state index contributed by atoms with van der Waals surface area (Å²) in [6.45, 7) is 1.78. The fourth-order valence-electron chi connectivity index (χ4n) is 1.57. The molecule has 3 nitrogen and oxygen atoms in total. The molecule has 0 aliphatic carbocycles. The predicted octanol–water partition coefficient (Wildman–Crippen LogP) is 3.10. The van der Waals surface area contributed by atoms with Crippen LogP contribution >= 0.6 is 23.2 Å². The highest BCUT2D eigenvalue weighted by atomic mass is 35.5. The van der Waals surface area contributed by atoms with Crippen molar-refractivity contribution >= 4 is 29.2 Å². The van der Waals surface area contributed by atoms with Gasteiger partial charge in [0.25, 0.3) is 0 Å². The topological polar surface area (TPSA) is 63.3 Å². The van der Waals surface area contributed by atoms with Gasteiger partial charge in [0.15, 0.2) is 0 Å². The molecular weight excluding hydrogens is 249 g/mol. The van der Waals surface area contributed by atoms with E-state index in [2.05, 4.69) is 0 Å². The molecule has 0 amide bonds. The Labute approximate surface area is 104 Å². The number of carboxylic acids is 1. The Morgan fingerprint density at radius 1 is 1.50 bits per heavy atom. The first kappa shape index (κ1) is 13.3. The van der Waals surface area contributed by atoms with Crippen molar-refractivity contribution in [3.05, 3.63) is 33.8 Å². The quantitative estimate of drug-likeness (QED) is 0.876. The highest BCUT2D eigenvalue weighted by molar-refractivity contribution is 6.35. The second-order valence-electron chi connectivity index (χ2n) is 3.54. The largest absolute Gasteiger partial charge is 0.481 e. The SMILES string of the molecule is CCC(C(=O)O)C(N)c1ccc(Cl)cc1Cl. The number of hydrogen-bond acceptors (Lipinski definition) is 2. The van der Waals surface area contributed by atoms with Crippen LogP contribution in [0.25, 0.3) is 0 Å². The molecule has 2 atom stereocenters. The predicted molar refractivity (Wildman–Crippen MR) is 64.8 cm³/mol. The summed E-state index contributed by atoms with van der Waals surface area (Å²) < 4.78 is 0. The van der Waals surface area contributed by atoms with E-state index in [9.17, 15) is 4.79 Å². The summed E-state index contributed by atoms with van der Waals surface area (Å²) in [4.78, 5) is 11.0. The van der Waals surface area contributed by atoms with Crippen LogP contribution in [0.4, 0.5) is 0 Å². The van der Waals surface area contributed by atoms with Gasteiger partial charge in [-0.3, -0.25) is 4.79 Å². The van der Waals surface area contributed by atoms with Gasteiger partial charge in [-0.25, -0.2) is 0 Å². The van der Waals surface area contributed by atoms with Crippen molar-refractivity contribution in [2.45, 2.75) is 19.4 Å². The molecule has 3 N–H and O–H groups in total. The maximum absolute atomic E-state index is 11.0. The third-order valence-corrected chi connectivity index (χ3v) is 3.07. The Bertz CT molecular complexity index is 396. The number of halogens is 2. The van der Waals surface area contributed by atoms with E-state index in [0.717, 1.165) is 0 Å². The van der Waals surface area contributed by atoms with Crippen LogP contribution in [-0.4, -0.2) is 11.1 Å². The van der Waals surface area contributed by atoms with Crippen molar-refractivity contribution in [3.8, 4) is 0 Å². The first-order valence-electron chi connectivity index (χ1n) is 4.90. The van der Waals surface area contributed by atoms with Crippen LogP contribution in [0.3, 0.4) is 0 Å². The number of rotatable bonds is 4. The van der Waals surface area contributed by atoms with Crippen LogP contribution in [-0.2, 0) is 4.79 Å². The standard InChI is InChI=1S/C11H13Cl2NO2/c1-2-7(11(15)16)10(14)8-4-3-6(12)5-9(8)13/h3-5,7,10H,2,14H2,1H3,(H,15,16). The molecule has 0 saturated carbocycles. The minimum absolute atomic E-state index is 0.403. The summed E-state index contributed by atoms with van der Waals surface area (Å²) in [6, 6.07) is 4.26. The van der Waals surface area contributed by atoms with Gasteiger partial charge in [0.1, 0.15) is 0 Å². The van der Waals surface area contributed by atoms with Crippen LogP contribution in [0.2, 0.25) is 10.0 Å². The van der Waals surface area contributed by atoms with Gasteiger partial charge in [0.05, 0.1) is 5.92 Å². The lowest BCUT2D eigenvalue weighted by Crippen LogP contribution is -2.27. The van der Waals surface area contributed by atoms with E-state index in [0.29, 0.717) is 22.0 Å². The number of carboxylic acid groups (broad SMARTS) is 1. The molecule has 88 valence electrons. The van der Waals surface area contributed by atoms with Gasteiger partial charge in [-0.15, -0.1) is 0 Å². The Kier molecular flexibility index (Phi) is 4.59. The molecule has 0 aliphatic heterocycles. The molecule has 0 bridgehead atoms. The van der Waals surface area contributed by atoms with E-state index < -0.39 is 17.9 Å². The highest BCUT2D eigenvalue weighted by Crippen LogP contribution is 2.30. The summed E-state index contributed by atoms with van der Waals surface area (Å²) in [5, 5.41) is 9.91. The monoisotopic (exact) mass is 261 g/mol. The molecule has 16 heavy (non-hydrogen) atoms. The van der Waals surface area contributed by atoms with Crippen LogP contribution in [0.5, 0.6) is 0 Å². The fraction of sp³-hybridized carbons (Fsp3) is 0.364. The number of aliphatic carboxylic acids is 1. The molecule has 0 radical (unpaired) electrons. The molecular formula is C11H13Cl2NO2. The molecule has 0 aromatic heterocycles. The summed E-state index contributed by atoms with van der Waals surface area (Å²) in [5.41, 5.74) is 6.50. The molecule has 0 heterocycles. The zero-order chi connectivity index (χ0) is 12.3. The van der Waals surface area contributed by atoms with Crippen molar-refractivity contribution in [3.63, 3.8) is 0 Å². The van der Waals surface area contributed by atoms with Crippen LogP contribution < -0.4 is 5.73 Å². The highest BCUT2D eigenvalue weighted by Gasteiger charge is 2.26. The number of hydrogen-bond donors (Lipinski definition) is 2. The molecule has 0 saturated heterocycles. The minimum atomic E-state index is -0.916. The smallest absolute Gasteiger partial charge is 0.308 e. The maximum Gasteiger partial charge on any atom is 0.308 e. The Balaban J connectivity index is 3.03. The Morgan fingerprint density at radius 2 is 2.12 bits per heavy atom. The molecule has 2 unspecified atom stereocenters. The van der Waals surface area contributed by atoms with Gasteiger partial charge < -0.3 is 10.8 Å². The molecule has 0 spiro atoms. The van der Waals surface area contributed by atoms with Crippen molar-refractivity contribution in [2.75, 3.05) is 0 Å².